The van der Waals surface area contributed by atoms with Gasteiger partial charge in [-0.3, -0.25) is 0 Å². The van der Waals surface area contributed by atoms with Gasteiger partial charge in [-0.1, -0.05) is 18.2 Å². The molecule has 2 heterocycles. The third-order valence-electron chi connectivity index (χ3n) is 4.36. The zero-order valence-electron chi connectivity index (χ0n) is 13.9. The quantitative estimate of drug-likeness (QED) is 0.882. The van der Waals surface area contributed by atoms with Gasteiger partial charge in [0.25, 0.3) is 0 Å². The van der Waals surface area contributed by atoms with Crippen molar-refractivity contribution in [2.24, 2.45) is 5.92 Å². The van der Waals surface area contributed by atoms with E-state index in [0.29, 0.717) is 24.1 Å². The molecule has 5 nitrogen and oxygen atoms in total. The van der Waals surface area contributed by atoms with Gasteiger partial charge in [0, 0.05) is 18.8 Å². The Labute approximate surface area is 142 Å². The molecule has 1 aliphatic rings. The van der Waals surface area contributed by atoms with Crippen molar-refractivity contribution in [1.29, 1.82) is 0 Å². The highest BCUT2D eigenvalue weighted by molar-refractivity contribution is 5.55. The largest absolute Gasteiger partial charge is 0.490 e. The smallest absolute Gasteiger partial charge is 0.159 e. The van der Waals surface area contributed by atoms with Crippen molar-refractivity contribution in [3.63, 3.8) is 0 Å². The van der Waals surface area contributed by atoms with Crippen molar-refractivity contribution in [3.05, 3.63) is 42.2 Å². The van der Waals surface area contributed by atoms with Crippen molar-refractivity contribution < 1.29 is 14.6 Å². The summed E-state index contributed by atoms with van der Waals surface area (Å²) in [5, 5.41) is 9.21. The SMILES string of the molecule is OCc1cccc(-c2ncc(OCCC3CCCOCC3)cn2)c1. The van der Waals surface area contributed by atoms with Crippen LogP contribution >= 0.6 is 0 Å². The molecular weight excluding hydrogens is 304 g/mol. The lowest BCUT2D eigenvalue weighted by Crippen LogP contribution is -2.08. The number of aromatic nitrogens is 2. The van der Waals surface area contributed by atoms with Crippen LogP contribution in [0.1, 0.15) is 31.2 Å². The average Bonchev–Trinajstić information content (AvgIpc) is 2.91. The highest BCUT2D eigenvalue weighted by atomic mass is 16.5. The van der Waals surface area contributed by atoms with Gasteiger partial charge in [0.05, 0.1) is 25.6 Å². The van der Waals surface area contributed by atoms with E-state index in [1.165, 1.54) is 6.42 Å². The van der Waals surface area contributed by atoms with E-state index in [4.69, 9.17) is 9.47 Å². The number of rotatable bonds is 6. The van der Waals surface area contributed by atoms with Gasteiger partial charge >= 0.3 is 0 Å². The topological polar surface area (TPSA) is 64.5 Å². The predicted octanol–water partition coefficient (Wildman–Crippen LogP) is 3.22. The third-order valence-corrected chi connectivity index (χ3v) is 4.36. The molecular formula is C19H24N2O3. The average molecular weight is 328 g/mol. The van der Waals surface area contributed by atoms with E-state index >= 15 is 0 Å². The van der Waals surface area contributed by atoms with Gasteiger partial charge in [0.2, 0.25) is 0 Å². The van der Waals surface area contributed by atoms with Crippen LogP contribution in [0.2, 0.25) is 0 Å². The maximum absolute atomic E-state index is 9.21. The molecule has 0 aliphatic carbocycles. The van der Waals surface area contributed by atoms with Crippen molar-refractivity contribution in [3.8, 4) is 17.1 Å². The number of ether oxygens (including phenoxy) is 2. The monoisotopic (exact) mass is 328 g/mol. The molecule has 0 bridgehead atoms. The standard InChI is InChI=1S/C19H24N2O3/c22-14-16-3-1-5-17(11-16)19-20-12-18(13-21-19)24-10-7-15-4-2-8-23-9-6-15/h1,3,5,11-13,15,22H,2,4,6-10,14H2. The van der Waals surface area contributed by atoms with Crippen LogP contribution in [0.3, 0.4) is 0 Å². The maximum Gasteiger partial charge on any atom is 0.159 e. The van der Waals surface area contributed by atoms with Crippen LogP contribution < -0.4 is 4.74 Å². The van der Waals surface area contributed by atoms with Crippen molar-refractivity contribution >= 4 is 0 Å². The second-order valence-electron chi connectivity index (χ2n) is 6.15. The summed E-state index contributed by atoms with van der Waals surface area (Å²) in [6.07, 6.45) is 7.97. The molecule has 2 aromatic rings. The minimum absolute atomic E-state index is 0.0151. The Morgan fingerprint density at radius 1 is 1.17 bits per heavy atom. The van der Waals surface area contributed by atoms with E-state index in [0.717, 1.165) is 43.6 Å². The zero-order valence-corrected chi connectivity index (χ0v) is 13.9. The molecule has 1 fully saturated rings. The van der Waals surface area contributed by atoms with Crippen LogP contribution in [-0.2, 0) is 11.3 Å². The second kappa shape index (κ2) is 8.76. The van der Waals surface area contributed by atoms with Crippen molar-refractivity contribution in [1.82, 2.24) is 9.97 Å². The Kier molecular flexibility index (Phi) is 6.15. The van der Waals surface area contributed by atoms with Gasteiger partial charge in [-0.25, -0.2) is 9.97 Å². The normalized spacial score (nSPS) is 18.1. The van der Waals surface area contributed by atoms with E-state index in [2.05, 4.69) is 9.97 Å². The number of hydrogen-bond acceptors (Lipinski definition) is 5. The minimum Gasteiger partial charge on any atom is -0.490 e. The van der Waals surface area contributed by atoms with Crippen LogP contribution in [0.5, 0.6) is 5.75 Å². The van der Waals surface area contributed by atoms with E-state index in [-0.39, 0.29) is 6.61 Å². The van der Waals surface area contributed by atoms with E-state index in [1.807, 2.05) is 24.3 Å². The summed E-state index contributed by atoms with van der Waals surface area (Å²) < 4.78 is 11.3. The Hall–Kier alpha value is -1.98. The zero-order chi connectivity index (χ0) is 16.6. The summed E-state index contributed by atoms with van der Waals surface area (Å²) in [5.74, 6) is 2.02. The predicted molar refractivity (Wildman–Crippen MR) is 91.7 cm³/mol. The lowest BCUT2D eigenvalue weighted by molar-refractivity contribution is 0.140. The lowest BCUT2D eigenvalue weighted by Gasteiger charge is -2.13. The van der Waals surface area contributed by atoms with Crippen LogP contribution in [-0.4, -0.2) is 34.9 Å². The molecule has 128 valence electrons. The summed E-state index contributed by atoms with van der Waals surface area (Å²) in [4.78, 5) is 8.73. The fourth-order valence-electron chi connectivity index (χ4n) is 2.95. The van der Waals surface area contributed by atoms with E-state index < -0.39 is 0 Å². The highest BCUT2D eigenvalue weighted by Crippen LogP contribution is 2.21. The first-order valence-corrected chi connectivity index (χ1v) is 8.58. The molecule has 3 rings (SSSR count). The molecule has 0 spiro atoms. The Balaban J connectivity index is 1.52. The number of aliphatic hydroxyl groups is 1. The van der Waals surface area contributed by atoms with Gasteiger partial charge in [-0.05, 0) is 43.2 Å². The number of aliphatic hydroxyl groups excluding tert-OH is 1. The highest BCUT2D eigenvalue weighted by Gasteiger charge is 2.12. The van der Waals surface area contributed by atoms with E-state index in [9.17, 15) is 5.11 Å². The van der Waals surface area contributed by atoms with Gasteiger partial charge < -0.3 is 14.6 Å². The van der Waals surface area contributed by atoms with Crippen LogP contribution in [0.15, 0.2) is 36.7 Å². The molecule has 1 atom stereocenters. The van der Waals surface area contributed by atoms with Gasteiger partial charge in [0.15, 0.2) is 11.6 Å². The molecule has 1 N–H and O–H groups in total. The molecule has 1 saturated heterocycles. The first-order valence-electron chi connectivity index (χ1n) is 8.58. The first-order chi connectivity index (χ1) is 11.8. The summed E-state index contributed by atoms with van der Waals surface area (Å²) in [5.41, 5.74) is 1.75. The van der Waals surface area contributed by atoms with Gasteiger partial charge in [-0.2, -0.15) is 0 Å². The summed E-state index contributed by atoms with van der Waals surface area (Å²) >= 11 is 0. The van der Waals surface area contributed by atoms with Gasteiger partial charge in [-0.15, -0.1) is 0 Å². The number of benzene rings is 1. The molecule has 1 unspecified atom stereocenters. The number of nitrogens with zero attached hydrogens (tertiary/aromatic N) is 2. The van der Waals surface area contributed by atoms with Crippen molar-refractivity contribution in [2.75, 3.05) is 19.8 Å². The molecule has 1 aromatic carbocycles. The third kappa shape index (κ3) is 4.76. The summed E-state index contributed by atoms with van der Waals surface area (Å²) in [6.45, 7) is 2.47. The second-order valence-corrected chi connectivity index (χ2v) is 6.15. The molecule has 24 heavy (non-hydrogen) atoms. The van der Waals surface area contributed by atoms with Crippen LogP contribution in [0.4, 0.5) is 0 Å². The molecule has 0 saturated carbocycles. The maximum atomic E-state index is 9.21. The fourth-order valence-corrected chi connectivity index (χ4v) is 2.95. The molecule has 1 aliphatic heterocycles. The Morgan fingerprint density at radius 2 is 2.04 bits per heavy atom. The Morgan fingerprint density at radius 3 is 2.88 bits per heavy atom. The molecule has 0 amide bonds. The van der Waals surface area contributed by atoms with Gasteiger partial charge in [0.1, 0.15) is 0 Å². The number of hydrogen-bond donors (Lipinski definition) is 1. The summed E-state index contributed by atoms with van der Waals surface area (Å²) in [6, 6.07) is 7.60. The molecule has 0 radical (unpaired) electrons. The minimum atomic E-state index is 0.0151. The lowest BCUT2D eigenvalue weighted by atomic mass is 9.98. The van der Waals surface area contributed by atoms with E-state index in [1.54, 1.807) is 12.4 Å². The van der Waals surface area contributed by atoms with Crippen LogP contribution in [0, 0.1) is 5.92 Å². The van der Waals surface area contributed by atoms with Crippen LogP contribution in [0.25, 0.3) is 11.4 Å². The fraction of sp³-hybridized carbons (Fsp3) is 0.474. The Bertz CT molecular complexity index is 623. The summed E-state index contributed by atoms with van der Waals surface area (Å²) in [7, 11) is 0. The first kappa shape index (κ1) is 16.9. The van der Waals surface area contributed by atoms with Crippen molar-refractivity contribution in [2.45, 2.75) is 32.3 Å². The molecule has 1 aromatic heterocycles. The molecule has 5 heteroatoms.